The van der Waals surface area contributed by atoms with Gasteiger partial charge in [-0.05, 0) is 105 Å². The van der Waals surface area contributed by atoms with Gasteiger partial charge >= 0.3 is 12.4 Å². The molecule has 4 aliphatic rings. The van der Waals surface area contributed by atoms with Gasteiger partial charge in [-0.25, -0.2) is 0 Å². The molecule has 0 aliphatic heterocycles. The van der Waals surface area contributed by atoms with Gasteiger partial charge in [0, 0.05) is 23.8 Å². The summed E-state index contributed by atoms with van der Waals surface area (Å²) in [6, 6.07) is 13.7. The van der Waals surface area contributed by atoms with E-state index in [-0.39, 0.29) is 11.8 Å². The Morgan fingerprint density at radius 2 is 1.60 bits per heavy atom. The van der Waals surface area contributed by atoms with Crippen LogP contribution in [0.2, 0.25) is 0 Å². The van der Waals surface area contributed by atoms with Crippen LogP contribution in [0.25, 0.3) is 0 Å². The Bertz CT molecular complexity index is 1090. The average Bonchev–Trinajstić information content (AvgIpc) is 2.82. The molecule has 5 heteroatoms. The molecule has 5 nitrogen and oxygen atoms in total. The summed E-state index contributed by atoms with van der Waals surface area (Å²) in [4.78, 5) is 10.9. The zero-order valence-electron chi connectivity index (χ0n) is 20.6. The number of benzene rings is 2. The number of rotatable bonds is 8. The molecule has 0 aromatic heterocycles. The molecule has 4 fully saturated rings. The van der Waals surface area contributed by atoms with E-state index >= 15 is 0 Å². The molecule has 0 saturated heterocycles. The van der Waals surface area contributed by atoms with Gasteiger partial charge in [0.05, 0.1) is 13.0 Å². The van der Waals surface area contributed by atoms with Gasteiger partial charge in [-0.3, -0.25) is 4.79 Å². The average molecular weight is 475 g/mol. The molecule has 1 unspecified atom stereocenters. The molecule has 184 valence electrons. The van der Waals surface area contributed by atoms with Crippen molar-refractivity contribution in [2.45, 2.75) is 63.8 Å². The normalized spacial score (nSPS) is 27.2. The highest BCUT2D eigenvalue weighted by atomic mass is 16.8. The lowest BCUT2D eigenvalue weighted by atomic mass is 9.48. The number of methoxy groups -OCH3 is 1. The molecule has 4 bridgehead atoms. The van der Waals surface area contributed by atoms with Gasteiger partial charge < -0.3 is 19.3 Å². The lowest BCUT2D eigenvalue weighted by Crippen LogP contribution is -2.48. The summed E-state index contributed by atoms with van der Waals surface area (Å²) in [6.07, 6.45) is 7.84. The monoisotopic (exact) mass is 474 g/mol. The van der Waals surface area contributed by atoms with Crippen molar-refractivity contribution in [3.05, 3.63) is 64.7 Å². The topological polar surface area (TPSA) is 65.0 Å². The van der Waals surface area contributed by atoms with E-state index in [2.05, 4.69) is 17.9 Å². The molecule has 2 aromatic carbocycles. The van der Waals surface area contributed by atoms with Gasteiger partial charge in [-0.1, -0.05) is 24.0 Å². The second-order valence-electron chi connectivity index (χ2n) is 10.5. The van der Waals surface area contributed by atoms with Crippen LogP contribution in [-0.4, -0.2) is 31.3 Å². The first-order valence-electron chi connectivity index (χ1n) is 12.7. The molecule has 1 atom stereocenters. The van der Waals surface area contributed by atoms with Crippen LogP contribution in [0.5, 0.6) is 5.75 Å². The molecule has 1 N–H and O–H groups in total. The van der Waals surface area contributed by atoms with Gasteiger partial charge in [-0.2, -0.15) is 0 Å². The van der Waals surface area contributed by atoms with Gasteiger partial charge in [0.1, 0.15) is 5.75 Å². The van der Waals surface area contributed by atoms with Crippen molar-refractivity contribution in [1.82, 2.24) is 0 Å². The fourth-order valence-electron chi connectivity index (χ4n) is 6.98. The van der Waals surface area contributed by atoms with E-state index in [0.717, 1.165) is 40.2 Å². The van der Waals surface area contributed by atoms with E-state index in [1.165, 1.54) is 44.1 Å². The fourth-order valence-corrected chi connectivity index (χ4v) is 6.98. The molecule has 4 saturated carbocycles. The summed E-state index contributed by atoms with van der Waals surface area (Å²) < 4.78 is 17.3. The summed E-state index contributed by atoms with van der Waals surface area (Å²) >= 11 is 0. The number of hydrogen-bond acceptors (Lipinski definition) is 4. The largest absolute Gasteiger partial charge is 0.481 e. The number of aliphatic carboxylic acids is 1. The molecule has 4 aliphatic carbocycles. The third kappa shape index (κ3) is 5.24. The van der Waals surface area contributed by atoms with Crippen LogP contribution in [0, 0.1) is 29.6 Å². The molecule has 6 rings (SSSR count). The number of carboxylic acid groups (broad SMARTS) is 1. The Balaban J connectivity index is 1.46. The second kappa shape index (κ2) is 10.0. The van der Waals surface area contributed by atoms with Crippen LogP contribution in [0.3, 0.4) is 0 Å². The molecule has 0 amide bonds. The minimum absolute atomic E-state index is 0.0216. The molecule has 2 aromatic rings. The standard InChI is InChI=1S/C30H34O5/c1-3-34-29(33-2)35-27-11-10-21(7-4-20-5-8-22(9-6-20)16-28(31)32)15-26(27)30-17-23-12-24(18-30)14-25(13-23)19-30/h5-6,8-11,15,23-25,29H,3,12-14,16-19H2,1-2H3,(H,31,32). The molecule has 0 radical (unpaired) electrons. The predicted molar refractivity (Wildman–Crippen MR) is 133 cm³/mol. The van der Waals surface area contributed by atoms with Crippen molar-refractivity contribution in [2.24, 2.45) is 17.8 Å². The maximum Gasteiger partial charge on any atom is 0.315 e. The van der Waals surface area contributed by atoms with E-state index in [9.17, 15) is 4.79 Å². The van der Waals surface area contributed by atoms with E-state index in [4.69, 9.17) is 19.3 Å². The predicted octanol–water partition coefficient (Wildman–Crippen LogP) is 5.53. The Kier molecular flexibility index (Phi) is 6.86. The Labute approximate surface area is 207 Å². The molecule has 35 heavy (non-hydrogen) atoms. The third-order valence-corrected chi connectivity index (χ3v) is 7.97. The van der Waals surface area contributed by atoms with E-state index in [0.29, 0.717) is 6.61 Å². The minimum atomic E-state index is -0.830. The first-order valence-corrected chi connectivity index (χ1v) is 12.7. The summed E-state index contributed by atoms with van der Waals surface area (Å²) in [5.41, 5.74) is 4.00. The highest BCUT2D eigenvalue weighted by molar-refractivity contribution is 5.70. The Hall–Kier alpha value is -2.81. The third-order valence-electron chi connectivity index (χ3n) is 7.97. The van der Waals surface area contributed by atoms with Gasteiger partial charge in [0.2, 0.25) is 0 Å². The molecule has 0 heterocycles. The Morgan fingerprint density at radius 1 is 1.00 bits per heavy atom. The zero-order valence-corrected chi connectivity index (χ0v) is 20.6. The van der Waals surface area contributed by atoms with Crippen molar-refractivity contribution < 1.29 is 24.1 Å². The molecular weight excluding hydrogens is 440 g/mol. The quantitative estimate of drug-likeness (QED) is 0.403. The van der Waals surface area contributed by atoms with Gasteiger partial charge in [0.25, 0.3) is 0 Å². The van der Waals surface area contributed by atoms with Crippen LogP contribution >= 0.6 is 0 Å². The fraction of sp³-hybridized carbons (Fsp3) is 0.500. The van der Waals surface area contributed by atoms with Gasteiger partial charge in [-0.15, -0.1) is 0 Å². The smallest absolute Gasteiger partial charge is 0.315 e. The summed E-state index contributed by atoms with van der Waals surface area (Å²) in [5.74, 6) is 9.04. The number of ether oxygens (including phenoxy) is 3. The van der Waals surface area contributed by atoms with Crippen molar-refractivity contribution in [2.75, 3.05) is 13.7 Å². The van der Waals surface area contributed by atoms with E-state index in [1.807, 2.05) is 43.3 Å². The summed E-state index contributed by atoms with van der Waals surface area (Å²) in [5, 5.41) is 8.97. The lowest BCUT2D eigenvalue weighted by Gasteiger charge is -2.57. The maximum absolute atomic E-state index is 10.9. The maximum atomic E-state index is 10.9. The zero-order chi connectivity index (χ0) is 24.4. The van der Waals surface area contributed by atoms with Crippen molar-refractivity contribution >= 4 is 5.97 Å². The highest BCUT2D eigenvalue weighted by Crippen LogP contribution is 2.62. The first kappa shape index (κ1) is 23.9. The minimum Gasteiger partial charge on any atom is -0.481 e. The van der Waals surface area contributed by atoms with Crippen LogP contribution in [-0.2, 0) is 26.1 Å². The molecule has 0 spiro atoms. The lowest BCUT2D eigenvalue weighted by molar-refractivity contribution is -0.231. The highest BCUT2D eigenvalue weighted by Gasteiger charge is 2.52. The first-order chi connectivity index (χ1) is 17.0. The SMILES string of the molecule is CCOC(OC)Oc1ccc(C#Cc2ccc(CC(=O)O)cc2)cc1C12CC3CC(CC(C3)C1)C2. The van der Waals surface area contributed by atoms with Crippen LogP contribution < -0.4 is 4.74 Å². The van der Waals surface area contributed by atoms with Crippen LogP contribution in [0.4, 0.5) is 0 Å². The van der Waals surface area contributed by atoms with Crippen molar-refractivity contribution in [3.8, 4) is 17.6 Å². The summed E-state index contributed by atoms with van der Waals surface area (Å²) in [6.45, 7) is 1.72. The van der Waals surface area contributed by atoms with Crippen LogP contribution in [0.15, 0.2) is 42.5 Å². The van der Waals surface area contributed by atoms with Crippen molar-refractivity contribution in [3.63, 3.8) is 0 Å². The van der Waals surface area contributed by atoms with Gasteiger partial charge in [0.15, 0.2) is 0 Å². The number of carboxylic acids is 1. The van der Waals surface area contributed by atoms with E-state index in [1.54, 1.807) is 7.11 Å². The second-order valence-corrected chi connectivity index (χ2v) is 10.5. The number of carbonyl (C=O) groups is 1. The Morgan fingerprint density at radius 3 is 2.17 bits per heavy atom. The number of hydrogen-bond donors (Lipinski definition) is 1. The summed E-state index contributed by atoms with van der Waals surface area (Å²) in [7, 11) is 1.60. The van der Waals surface area contributed by atoms with E-state index < -0.39 is 12.4 Å². The van der Waals surface area contributed by atoms with Crippen molar-refractivity contribution in [1.29, 1.82) is 0 Å². The molecular formula is C30H34O5. The van der Waals surface area contributed by atoms with Crippen LogP contribution in [0.1, 0.15) is 67.7 Å².